The second-order valence-corrected chi connectivity index (χ2v) is 2.08. The van der Waals surface area contributed by atoms with Crippen molar-refractivity contribution in [3.05, 3.63) is 0 Å². The van der Waals surface area contributed by atoms with Gasteiger partial charge in [-0.1, -0.05) is 0 Å². The van der Waals surface area contributed by atoms with Gasteiger partial charge in [-0.2, -0.15) is 0 Å². The first-order valence-corrected chi connectivity index (χ1v) is 5.09. The van der Waals surface area contributed by atoms with Crippen molar-refractivity contribution in [2.45, 2.75) is 0 Å². The first kappa shape index (κ1) is 56.3. The summed E-state index contributed by atoms with van der Waals surface area (Å²) in [5, 5.41) is 50.5. The average Bonchev–Trinajstić information content (AvgIpc) is 1.76. The van der Waals surface area contributed by atoms with Crippen LogP contribution >= 0.6 is 0 Å². The molecule has 0 aromatic carbocycles. The molecule has 0 rings (SSSR count). The maximum absolute atomic E-state index is 8.52. The van der Waals surface area contributed by atoms with Gasteiger partial charge in [-0.05, 0) is 0 Å². The van der Waals surface area contributed by atoms with Crippen molar-refractivity contribution in [2.75, 3.05) is 0 Å². The molecule has 0 unspecified atom stereocenters. The molecule has 10 radical (unpaired) electrons. The van der Waals surface area contributed by atoms with E-state index in [9.17, 15) is 0 Å². The third kappa shape index (κ3) is 804. The van der Waals surface area contributed by atoms with Gasteiger partial charge in [0.15, 0.2) is 0 Å². The van der Waals surface area contributed by atoms with Crippen LogP contribution < -0.4 is 49.3 Å². The Hall–Kier alpha value is 3.73. The SMILES string of the molecule is O=[Si]([O-])[O-].O=[Si]([O-])[O-].[O-]B([O-])[O-].[O-]B([O-])[O-].[Pb+2].[Pb+2].[Pb+2].[Pb+2].[Pb+2]. The predicted molar refractivity (Wildman–Crippen MR) is 53.2 cm³/mol. The summed E-state index contributed by atoms with van der Waals surface area (Å²) in [6.07, 6.45) is 0. The van der Waals surface area contributed by atoms with Crippen molar-refractivity contribution >= 4 is 169 Å². The van der Waals surface area contributed by atoms with Crippen LogP contribution in [0.1, 0.15) is 0 Å². The van der Waals surface area contributed by atoms with E-state index in [2.05, 4.69) is 0 Å². The molecule has 0 aliphatic heterocycles. The second kappa shape index (κ2) is 49.6. The summed E-state index contributed by atoms with van der Waals surface area (Å²) in [6, 6.07) is 0. The molecule has 106 valence electrons. The minimum absolute atomic E-state index is 0. The number of hydrogen-bond acceptors (Lipinski definition) is 12. The minimum Gasteiger partial charge on any atom is -0.907 e. The van der Waals surface area contributed by atoms with Crippen molar-refractivity contribution in [1.29, 1.82) is 0 Å². The van der Waals surface area contributed by atoms with Gasteiger partial charge in [0.1, 0.15) is 0 Å². The summed E-state index contributed by atoms with van der Waals surface area (Å²) in [5.74, 6) is 0. The van der Waals surface area contributed by atoms with Gasteiger partial charge in [0.25, 0.3) is 0 Å². The van der Waals surface area contributed by atoms with Crippen LogP contribution in [0, 0.1) is 0 Å². The van der Waals surface area contributed by atoms with E-state index >= 15 is 0 Å². The summed E-state index contributed by atoms with van der Waals surface area (Å²) >= 11 is 0. The molecule has 0 aliphatic carbocycles. The van der Waals surface area contributed by atoms with Crippen LogP contribution in [-0.2, 0) is 8.92 Å². The fourth-order valence-electron chi connectivity index (χ4n) is 0. The third-order valence-electron chi connectivity index (χ3n) is 0. The standard InChI is InChI=1S/2BO3.2O3Si.5Pb/c2*2-1(3)4;2*1-4(2)3;;;;;/q2*-3;2*-2;5*+2. The Morgan fingerprint density at radius 2 is 0.476 bits per heavy atom. The molecule has 0 aromatic rings. The summed E-state index contributed by atoms with van der Waals surface area (Å²) in [6.45, 7) is 0. The Kier molecular flexibility index (Phi) is 133. The fraction of sp³-hybridized carbons (Fsp3) is 0. The summed E-state index contributed by atoms with van der Waals surface area (Å²) in [4.78, 5) is 34.1. The Bertz CT molecular complexity index is 140. The normalized spacial score (nSPS) is 4.86. The van der Waals surface area contributed by atoms with E-state index in [0.717, 1.165) is 0 Å². The summed E-state index contributed by atoms with van der Waals surface area (Å²) in [7, 11) is -13.1. The van der Waals surface area contributed by atoms with Gasteiger partial charge in [0.05, 0.1) is 0 Å². The maximum atomic E-state index is 8.52. The Morgan fingerprint density at radius 3 is 0.476 bits per heavy atom. The van der Waals surface area contributed by atoms with Crippen molar-refractivity contribution in [3.8, 4) is 0 Å². The molecule has 0 atom stereocenters. The summed E-state index contributed by atoms with van der Waals surface area (Å²) < 4.78 is 17.0. The molecule has 0 saturated heterocycles. The van der Waals surface area contributed by atoms with Crippen LogP contribution in [0.15, 0.2) is 0 Å². The molecule has 0 amide bonds. The van der Waals surface area contributed by atoms with Crippen LogP contribution in [0.3, 0.4) is 0 Å². The van der Waals surface area contributed by atoms with Crippen molar-refractivity contribution in [2.24, 2.45) is 0 Å². The van der Waals surface area contributed by atoms with Gasteiger partial charge in [-0.25, -0.2) is 0 Å². The maximum Gasteiger partial charge on any atom is 2.00 e. The van der Waals surface area contributed by atoms with Crippen molar-refractivity contribution in [1.82, 2.24) is 0 Å². The van der Waals surface area contributed by atoms with Crippen molar-refractivity contribution in [3.63, 3.8) is 0 Å². The molecular formula is B2O12Pb5Si2. The molecule has 0 aromatic heterocycles. The van der Waals surface area contributed by atoms with Gasteiger partial charge in [0.2, 0.25) is 0 Å². The van der Waals surface area contributed by atoms with Crippen LogP contribution in [0.5, 0.6) is 0 Å². The molecule has 21 heteroatoms. The zero-order valence-electron chi connectivity index (χ0n) is 9.55. The Labute approximate surface area is 224 Å². The number of hydrogen-bond donors (Lipinski definition) is 0. The van der Waals surface area contributed by atoms with E-state index in [1.54, 1.807) is 0 Å². The molecule has 0 N–H and O–H groups in total. The minimum atomic E-state index is -3.63. The van der Waals surface area contributed by atoms with Crippen LogP contribution in [0.2, 0.25) is 0 Å². The van der Waals surface area contributed by atoms with E-state index in [4.69, 9.17) is 58.3 Å². The van der Waals surface area contributed by atoms with Crippen LogP contribution in [0.25, 0.3) is 0 Å². The van der Waals surface area contributed by atoms with E-state index in [1.807, 2.05) is 0 Å². The zero-order chi connectivity index (χ0) is 14.3. The van der Waals surface area contributed by atoms with E-state index < -0.39 is 33.0 Å². The molecular weight excluding hydrogens is 1310 g/mol. The van der Waals surface area contributed by atoms with Gasteiger partial charge in [-0.3, -0.25) is 14.6 Å². The fourth-order valence-corrected chi connectivity index (χ4v) is 0. The average molecular weight is 1310 g/mol. The quantitative estimate of drug-likeness (QED) is 0.205. The van der Waals surface area contributed by atoms with Gasteiger partial charge in [0, 0.05) is 18.3 Å². The van der Waals surface area contributed by atoms with Gasteiger partial charge in [-0.15, -0.1) is 0 Å². The second-order valence-electron chi connectivity index (χ2n) is 1.08. The molecule has 0 heterocycles. The molecule has 0 spiro atoms. The predicted octanol–water partition coefficient (Wildman–Crippen LogP) is -15.6. The molecule has 12 nitrogen and oxygen atoms in total. The largest absolute Gasteiger partial charge is 2.00 e. The molecule has 0 fully saturated rings. The monoisotopic (exact) mass is 1310 g/mol. The van der Waals surface area contributed by atoms with E-state index in [1.165, 1.54) is 0 Å². The summed E-state index contributed by atoms with van der Waals surface area (Å²) in [5.41, 5.74) is 0. The molecule has 0 aliphatic rings. The smallest absolute Gasteiger partial charge is 0.907 e. The first-order valence-electron chi connectivity index (χ1n) is 2.64. The van der Waals surface area contributed by atoms with E-state index in [0.29, 0.717) is 0 Å². The van der Waals surface area contributed by atoms with Crippen molar-refractivity contribution < 1.29 is 58.3 Å². The van der Waals surface area contributed by atoms with Gasteiger partial charge >= 0.3 is 136 Å². The Morgan fingerprint density at radius 1 is 0.476 bits per heavy atom. The van der Waals surface area contributed by atoms with Gasteiger partial charge < -0.3 is 58.3 Å². The topological polar surface area (TPSA) is 265 Å². The molecule has 0 bridgehead atoms. The van der Waals surface area contributed by atoms with Crippen LogP contribution in [0.4, 0.5) is 0 Å². The van der Waals surface area contributed by atoms with E-state index in [-0.39, 0.29) is 136 Å². The molecule has 0 saturated carbocycles. The first-order chi connectivity index (χ1) is 6.93. The third-order valence-corrected chi connectivity index (χ3v) is 0. The molecule has 21 heavy (non-hydrogen) atoms. The zero-order valence-corrected chi connectivity index (χ0v) is 31.0. The number of rotatable bonds is 0. The van der Waals surface area contributed by atoms with Crippen LogP contribution in [-0.4, -0.2) is 169 Å². The Balaban J connectivity index is -0.0000000121.